The molecule has 2 aliphatic rings. The molecular formula is C20H30ClN3O2S. The van der Waals surface area contributed by atoms with E-state index in [9.17, 15) is 9.59 Å². The van der Waals surface area contributed by atoms with Crippen molar-refractivity contribution in [3.05, 3.63) is 29.3 Å². The van der Waals surface area contributed by atoms with E-state index in [-0.39, 0.29) is 41.7 Å². The molecule has 1 aromatic rings. The van der Waals surface area contributed by atoms with Gasteiger partial charge in [0.1, 0.15) is 6.04 Å². The second-order valence-corrected chi connectivity index (χ2v) is 9.53. The Hall–Kier alpha value is -1.40. The smallest absolute Gasteiger partial charge is 0.244 e. The van der Waals surface area contributed by atoms with Gasteiger partial charge in [0.15, 0.2) is 0 Å². The van der Waals surface area contributed by atoms with Gasteiger partial charge in [0.2, 0.25) is 11.8 Å². The van der Waals surface area contributed by atoms with Gasteiger partial charge in [-0.15, -0.1) is 24.2 Å². The second kappa shape index (κ2) is 8.74. The van der Waals surface area contributed by atoms with E-state index in [2.05, 4.69) is 5.32 Å². The first kappa shape index (κ1) is 21.9. The lowest BCUT2D eigenvalue weighted by atomic mass is 9.87. The van der Waals surface area contributed by atoms with Gasteiger partial charge >= 0.3 is 0 Å². The minimum Gasteiger partial charge on any atom is -0.399 e. The Kier molecular flexibility index (Phi) is 7.09. The number of nitrogens with two attached hydrogens (primary N) is 1. The molecular weight excluding hydrogens is 382 g/mol. The zero-order chi connectivity index (χ0) is 18.9. The van der Waals surface area contributed by atoms with E-state index in [1.165, 1.54) is 5.56 Å². The van der Waals surface area contributed by atoms with Gasteiger partial charge in [-0.1, -0.05) is 26.8 Å². The van der Waals surface area contributed by atoms with Crippen LogP contribution in [-0.4, -0.2) is 34.4 Å². The number of amides is 2. The normalized spacial score (nSPS) is 22.0. The summed E-state index contributed by atoms with van der Waals surface area (Å²) in [6.07, 6.45) is 3.43. The lowest BCUT2D eigenvalue weighted by Crippen LogP contribution is -2.49. The molecule has 0 saturated carbocycles. The van der Waals surface area contributed by atoms with Crippen molar-refractivity contribution in [3.8, 4) is 0 Å². The number of benzene rings is 1. The summed E-state index contributed by atoms with van der Waals surface area (Å²) >= 11 is 1.65. The Morgan fingerprint density at radius 1 is 1.33 bits per heavy atom. The Balaban J connectivity index is 0.00000261. The lowest BCUT2D eigenvalue weighted by Gasteiger charge is -2.30. The number of carbonyl (C=O) groups excluding carboxylic acids is 2. The number of thioether (sulfide) groups is 1. The van der Waals surface area contributed by atoms with Gasteiger partial charge in [-0.05, 0) is 47.9 Å². The molecule has 0 bridgehead atoms. The van der Waals surface area contributed by atoms with Crippen LogP contribution in [0, 0.1) is 5.41 Å². The van der Waals surface area contributed by atoms with Crippen LogP contribution < -0.4 is 11.1 Å². The summed E-state index contributed by atoms with van der Waals surface area (Å²) in [5.41, 5.74) is 8.97. The van der Waals surface area contributed by atoms with Gasteiger partial charge in [0.05, 0.1) is 11.9 Å². The minimum atomic E-state index is -0.367. The number of halogens is 1. The van der Waals surface area contributed by atoms with Gasteiger partial charge in [-0.25, -0.2) is 0 Å². The average Bonchev–Trinajstić information content (AvgIpc) is 3.03. The Bertz CT molecular complexity index is 705. The molecule has 3 N–H and O–H groups in total. The fraction of sp³-hybridized carbons (Fsp3) is 0.600. The van der Waals surface area contributed by atoms with Gasteiger partial charge in [-0.3, -0.25) is 9.59 Å². The van der Waals surface area contributed by atoms with E-state index in [1.54, 1.807) is 16.7 Å². The number of anilines is 1. The highest BCUT2D eigenvalue weighted by Gasteiger charge is 2.37. The van der Waals surface area contributed by atoms with E-state index in [0.717, 1.165) is 30.5 Å². The summed E-state index contributed by atoms with van der Waals surface area (Å²) in [6.45, 7) is 6.15. The van der Waals surface area contributed by atoms with Crippen molar-refractivity contribution in [3.63, 3.8) is 0 Å². The molecule has 1 heterocycles. The minimum absolute atomic E-state index is 0. The van der Waals surface area contributed by atoms with Crippen LogP contribution >= 0.6 is 24.2 Å². The van der Waals surface area contributed by atoms with Crippen LogP contribution in [0.15, 0.2) is 18.2 Å². The molecule has 0 radical (unpaired) electrons. The first-order valence-corrected chi connectivity index (χ1v) is 10.5. The van der Waals surface area contributed by atoms with Gasteiger partial charge in [-0.2, -0.15) is 0 Å². The predicted octanol–water partition coefficient (Wildman–Crippen LogP) is 3.52. The van der Waals surface area contributed by atoms with E-state index in [1.807, 2.05) is 39.0 Å². The molecule has 2 unspecified atom stereocenters. The van der Waals surface area contributed by atoms with Crippen molar-refractivity contribution >= 4 is 41.7 Å². The van der Waals surface area contributed by atoms with E-state index < -0.39 is 0 Å². The van der Waals surface area contributed by atoms with Crippen molar-refractivity contribution in [1.82, 2.24) is 10.2 Å². The number of hydrogen-bond donors (Lipinski definition) is 2. The van der Waals surface area contributed by atoms with E-state index >= 15 is 0 Å². The predicted molar refractivity (Wildman–Crippen MR) is 114 cm³/mol. The summed E-state index contributed by atoms with van der Waals surface area (Å²) in [5.74, 6) is 1.31. The molecule has 27 heavy (non-hydrogen) atoms. The molecule has 1 aromatic carbocycles. The first-order valence-electron chi connectivity index (χ1n) is 9.30. The number of nitrogens with zero attached hydrogens (tertiary/aromatic N) is 1. The van der Waals surface area contributed by atoms with Crippen molar-refractivity contribution < 1.29 is 9.59 Å². The molecule has 1 aliphatic carbocycles. The molecule has 0 spiro atoms. The highest BCUT2D eigenvalue weighted by molar-refractivity contribution is 7.99. The highest BCUT2D eigenvalue weighted by Crippen LogP contribution is 2.32. The Morgan fingerprint density at radius 3 is 2.78 bits per heavy atom. The molecule has 1 saturated heterocycles. The monoisotopic (exact) mass is 411 g/mol. The third kappa shape index (κ3) is 5.32. The number of carbonyl (C=O) groups is 2. The molecule has 1 aliphatic heterocycles. The van der Waals surface area contributed by atoms with Gasteiger partial charge < -0.3 is 16.0 Å². The SMILES string of the molecule is CC(C)(C)CC(=O)N1CSCC1C(=O)NC1CCCc2cc(N)ccc21.Cl. The van der Waals surface area contributed by atoms with Crippen LogP contribution in [0.25, 0.3) is 0 Å². The molecule has 2 atom stereocenters. The van der Waals surface area contributed by atoms with E-state index in [4.69, 9.17) is 5.73 Å². The third-order valence-electron chi connectivity index (χ3n) is 4.98. The fourth-order valence-electron chi connectivity index (χ4n) is 3.71. The zero-order valence-electron chi connectivity index (χ0n) is 16.3. The number of hydrogen-bond acceptors (Lipinski definition) is 4. The summed E-state index contributed by atoms with van der Waals surface area (Å²) < 4.78 is 0. The maximum atomic E-state index is 12.9. The van der Waals surface area contributed by atoms with Crippen molar-refractivity contribution in [2.24, 2.45) is 5.41 Å². The summed E-state index contributed by atoms with van der Waals surface area (Å²) in [7, 11) is 0. The largest absolute Gasteiger partial charge is 0.399 e. The Labute approximate surface area is 172 Å². The van der Waals surface area contributed by atoms with Crippen LogP contribution in [0.4, 0.5) is 5.69 Å². The summed E-state index contributed by atoms with van der Waals surface area (Å²) in [6, 6.07) is 5.58. The van der Waals surface area contributed by atoms with Crippen molar-refractivity contribution in [2.75, 3.05) is 17.4 Å². The quantitative estimate of drug-likeness (QED) is 0.746. The standard InChI is InChI=1S/C20H29N3O2S.ClH/c1-20(2,3)10-18(24)23-12-26-11-17(23)19(25)22-16-6-4-5-13-9-14(21)7-8-15(13)16;/h7-9,16-17H,4-6,10-12,21H2,1-3H3,(H,22,25);1H. The fourth-order valence-corrected chi connectivity index (χ4v) is 4.89. The van der Waals surface area contributed by atoms with Gasteiger partial charge in [0.25, 0.3) is 0 Å². The van der Waals surface area contributed by atoms with Gasteiger partial charge in [0, 0.05) is 17.9 Å². The molecule has 3 rings (SSSR count). The van der Waals surface area contributed by atoms with E-state index in [0.29, 0.717) is 18.1 Å². The molecule has 2 amide bonds. The molecule has 0 aromatic heterocycles. The van der Waals surface area contributed by atoms with Crippen LogP contribution in [0.5, 0.6) is 0 Å². The summed E-state index contributed by atoms with van der Waals surface area (Å²) in [5, 5.41) is 3.20. The number of aryl methyl sites for hydroxylation is 1. The highest BCUT2D eigenvalue weighted by atomic mass is 35.5. The van der Waals surface area contributed by atoms with Crippen molar-refractivity contribution in [1.29, 1.82) is 0 Å². The van der Waals surface area contributed by atoms with Crippen LogP contribution in [0.2, 0.25) is 0 Å². The zero-order valence-corrected chi connectivity index (χ0v) is 17.9. The number of nitrogen functional groups attached to an aromatic ring is 1. The number of rotatable bonds is 3. The lowest BCUT2D eigenvalue weighted by molar-refractivity contribution is -0.139. The molecule has 150 valence electrons. The van der Waals surface area contributed by atoms with Crippen LogP contribution in [0.1, 0.15) is 57.2 Å². The number of nitrogens with one attached hydrogen (secondary N) is 1. The van der Waals surface area contributed by atoms with Crippen LogP contribution in [-0.2, 0) is 16.0 Å². The second-order valence-electron chi connectivity index (χ2n) is 8.53. The maximum absolute atomic E-state index is 12.9. The topological polar surface area (TPSA) is 75.4 Å². The number of fused-ring (bicyclic) bond motifs is 1. The molecule has 7 heteroatoms. The van der Waals surface area contributed by atoms with Crippen molar-refractivity contribution in [2.45, 2.75) is 58.5 Å². The summed E-state index contributed by atoms with van der Waals surface area (Å²) in [4.78, 5) is 27.3. The third-order valence-corrected chi connectivity index (χ3v) is 6.00. The Morgan fingerprint density at radius 2 is 2.07 bits per heavy atom. The molecule has 5 nitrogen and oxygen atoms in total. The maximum Gasteiger partial charge on any atom is 0.244 e. The first-order chi connectivity index (χ1) is 12.2. The van der Waals surface area contributed by atoms with Crippen LogP contribution in [0.3, 0.4) is 0 Å². The average molecular weight is 412 g/mol. The molecule has 1 fully saturated rings.